The Morgan fingerprint density at radius 2 is 1.84 bits per heavy atom. The third kappa shape index (κ3) is 2.95. The summed E-state index contributed by atoms with van der Waals surface area (Å²) < 4.78 is 0. The van der Waals surface area contributed by atoms with Crippen LogP contribution in [0, 0.1) is 17.2 Å². The molecule has 0 aliphatic heterocycles. The number of nitrogens with zero attached hydrogens (tertiary/aromatic N) is 2. The van der Waals surface area contributed by atoms with Crippen LogP contribution in [0.4, 0.5) is 0 Å². The fourth-order valence-electron chi connectivity index (χ4n) is 3.71. The summed E-state index contributed by atoms with van der Waals surface area (Å²) in [6, 6.07) is 4.05. The molecule has 3 aliphatic carbocycles. The van der Waals surface area contributed by atoms with Gasteiger partial charge in [0.15, 0.2) is 0 Å². The first kappa shape index (κ1) is 13.4. The highest BCUT2D eigenvalue weighted by atomic mass is 15.2. The van der Waals surface area contributed by atoms with Crippen molar-refractivity contribution in [2.24, 2.45) is 5.92 Å². The molecule has 0 spiro atoms. The van der Waals surface area contributed by atoms with Gasteiger partial charge in [-0.15, -0.1) is 0 Å². The van der Waals surface area contributed by atoms with E-state index in [2.05, 4.69) is 23.2 Å². The van der Waals surface area contributed by atoms with E-state index in [1.165, 1.54) is 51.4 Å². The molecule has 0 heterocycles. The minimum Gasteiger partial charge on any atom is -0.298 e. The first-order valence-corrected chi connectivity index (χ1v) is 8.20. The summed E-state index contributed by atoms with van der Waals surface area (Å²) in [5, 5.41) is 13.5. The monoisotopic (exact) mass is 261 g/mol. The van der Waals surface area contributed by atoms with Gasteiger partial charge in [-0.05, 0) is 51.0 Å². The fourth-order valence-corrected chi connectivity index (χ4v) is 3.71. The molecule has 0 aromatic rings. The molecule has 3 heteroatoms. The van der Waals surface area contributed by atoms with Crippen LogP contribution in [-0.4, -0.2) is 35.6 Å². The lowest BCUT2D eigenvalue weighted by Crippen LogP contribution is -2.56. The van der Waals surface area contributed by atoms with Crippen molar-refractivity contribution in [3.63, 3.8) is 0 Å². The summed E-state index contributed by atoms with van der Waals surface area (Å²) in [7, 11) is 0. The Kier molecular flexibility index (Phi) is 3.82. The molecule has 0 aromatic heterocycles. The van der Waals surface area contributed by atoms with Gasteiger partial charge in [0.2, 0.25) is 0 Å². The molecule has 1 N–H and O–H groups in total. The van der Waals surface area contributed by atoms with E-state index < -0.39 is 0 Å². The average Bonchev–Trinajstić information content (AvgIpc) is 3.35. The quantitative estimate of drug-likeness (QED) is 0.766. The molecule has 106 valence electrons. The van der Waals surface area contributed by atoms with Crippen LogP contribution >= 0.6 is 0 Å². The number of hydrogen-bond acceptors (Lipinski definition) is 3. The maximum atomic E-state index is 9.81. The fraction of sp³-hybridized carbons (Fsp3) is 0.938. The highest BCUT2D eigenvalue weighted by Gasteiger charge is 2.49. The topological polar surface area (TPSA) is 39.1 Å². The lowest BCUT2D eigenvalue weighted by atomic mass is 9.93. The number of likely N-dealkylation sites (N-methyl/N-ethyl adjacent to an activating group) is 1. The Labute approximate surface area is 117 Å². The highest BCUT2D eigenvalue weighted by Crippen LogP contribution is 2.42. The maximum Gasteiger partial charge on any atom is 0.122 e. The summed E-state index contributed by atoms with van der Waals surface area (Å²) in [6.07, 6.45) is 10.5. The zero-order valence-electron chi connectivity index (χ0n) is 12.2. The number of rotatable bonds is 7. The van der Waals surface area contributed by atoms with Gasteiger partial charge in [0.05, 0.1) is 6.07 Å². The van der Waals surface area contributed by atoms with E-state index in [4.69, 9.17) is 0 Å². The van der Waals surface area contributed by atoms with Gasteiger partial charge in [-0.25, -0.2) is 0 Å². The van der Waals surface area contributed by atoms with Crippen LogP contribution in [0.1, 0.15) is 58.3 Å². The summed E-state index contributed by atoms with van der Waals surface area (Å²) in [5.74, 6) is 0.605. The van der Waals surface area contributed by atoms with E-state index in [0.717, 1.165) is 19.1 Å². The third-order valence-corrected chi connectivity index (χ3v) is 5.21. The summed E-state index contributed by atoms with van der Waals surface area (Å²) >= 11 is 0. The lowest BCUT2D eigenvalue weighted by Gasteiger charge is -2.37. The highest BCUT2D eigenvalue weighted by molar-refractivity contribution is 5.18. The molecule has 0 aromatic carbocycles. The van der Waals surface area contributed by atoms with Gasteiger partial charge in [-0.2, -0.15) is 5.26 Å². The molecule has 1 unspecified atom stereocenters. The van der Waals surface area contributed by atoms with Gasteiger partial charge >= 0.3 is 0 Å². The standard InChI is InChI=1S/C16H27N3/c1-2-19(15-5-3-4-6-15)12-16(11-17,13-7-8-13)18-14-9-10-14/h13-15,18H,2-10,12H2,1H3. The number of hydrogen-bond donors (Lipinski definition) is 1. The second-order valence-corrected chi connectivity index (χ2v) is 6.78. The molecule has 1 atom stereocenters. The molecule has 3 rings (SSSR count). The third-order valence-electron chi connectivity index (χ3n) is 5.21. The van der Waals surface area contributed by atoms with E-state index in [1.807, 2.05) is 0 Å². The first-order valence-electron chi connectivity index (χ1n) is 8.20. The molecule has 0 bridgehead atoms. The Bertz CT molecular complexity index is 347. The van der Waals surface area contributed by atoms with Crippen molar-refractivity contribution < 1.29 is 0 Å². The van der Waals surface area contributed by atoms with Crippen LogP contribution in [0.5, 0.6) is 0 Å². The zero-order chi connectivity index (χ0) is 13.3. The largest absolute Gasteiger partial charge is 0.298 e. The second kappa shape index (κ2) is 5.42. The van der Waals surface area contributed by atoms with Crippen LogP contribution in [0.2, 0.25) is 0 Å². The smallest absolute Gasteiger partial charge is 0.122 e. The van der Waals surface area contributed by atoms with Crippen molar-refractivity contribution >= 4 is 0 Å². The van der Waals surface area contributed by atoms with E-state index in [-0.39, 0.29) is 5.54 Å². The van der Waals surface area contributed by atoms with Gasteiger partial charge in [-0.3, -0.25) is 10.2 Å². The van der Waals surface area contributed by atoms with Crippen LogP contribution in [0.15, 0.2) is 0 Å². The molecule has 3 fully saturated rings. The molecule has 3 saturated carbocycles. The second-order valence-electron chi connectivity index (χ2n) is 6.78. The van der Waals surface area contributed by atoms with Crippen molar-refractivity contribution in [3.8, 4) is 6.07 Å². The van der Waals surface area contributed by atoms with Gasteiger partial charge < -0.3 is 0 Å². The van der Waals surface area contributed by atoms with E-state index in [0.29, 0.717) is 12.0 Å². The number of nitrogens with one attached hydrogen (secondary N) is 1. The molecule has 0 amide bonds. The molecule has 0 saturated heterocycles. The predicted molar refractivity (Wildman–Crippen MR) is 76.7 cm³/mol. The molecule has 3 nitrogen and oxygen atoms in total. The maximum absolute atomic E-state index is 9.81. The molecule has 0 radical (unpaired) electrons. The van der Waals surface area contributed by atoms with Crippen LogP contribution in [0.25, 0.3) is 0 Å². The Balaban J connectivity index is 1.69. The summed E-state index contributed by atoms with van der Waals surface area (Å²) in [4.78, 5) is 2.59. The van der Waals surface area contributed by atoms with Crippen LogP contribution < -0.4 is 5.32 Å². The first-order chi connectivity index (χ1) is 9.27. The summed E-state index contributed by atoms with van der Waals surface area (Å²) in [5.41, 5.74) is -0.250. The van der Waals surface area contributed by atoms with Crippen LogP contribution in [0.3, 0.4) is 0 Å². The Morgan fingerprint density at radius 3 is 2.32 bits per heavy atom. The minimum atomic E-state index is -0.250. The zero-order valence-corrected chi connectivity index (χ0v) is 12.2. The van der Waals surface area contributed by atoms with E-state index in [9.17, 15) is 5.26 Å². The Morgan fingerprint density at radius 1 is 1.16 bits per heavy atom. The van der Waals surface area contributed by atoms with Gasteiger partial charge in [0, 0.05) is 18.6 Å². The normalized spacial score (nSPS) is 27.4. The lowest BCUT2D eigenvalue weighted by molar-refractivity contribution is 0.151. The number of nitriles is 1. The van der Waals surface area contributed by atoms with Crippen molar-refractivity contribution in [2.45, 2.75) is 75.9 Å². The van der Waals surface area contributed by atoms with E-state index >= 15 is 0 Å². The van der Waals surface area contributed by atoms with Crippen molar-refractivity contribution in [2.75, 3.05) is 13.1 Å². The van der Waals surface area contributed by atoms with Gasteiger partial charge in [0.25, 0.3) is 0 Å². The van der Waals surface area contributed by atoms with Gasteiger partial charge in [-0.1, -0.05) is 19.8 Å². The average molecular weight is 261 g/mol. The molecule has 3 aliphatic rings. The Hall–Kier alpha value is -0.590. The SMILES string of the molecule is CCN(CC(C#N)(NC1CC1)C1CC1)C1CCCC1. The molecule has 19 heavy (non-hydrogen) atoms. The van der Waals surface area contributed by atoms with Crippen LogP contribution in [-0.2, 0) is 0 Å². The summed E-state index contributed by atoms with van der Waals surface area (Å²) in [6.45, 7) is 4.30. The molecular weight excluding hydrogens is 234 g/mol. The predicted octanol–water partition coefficient (Wildman–Crippen LogP) is 2.68. The van der Waals surface area contributed by atoms with Crippen molar-refractivity contribution in [1.82, 2.24) is 10.2 Å². The molecular formula is C16H27N3. The van der Waals surface area contributed by atoms with Gasteiger partial charge in [0.1, 0.15) is 5.54 Å². The minimum absolute atomic E-state index is 0.250. The van der Waals surface area contributed by atoms with Crippen molar-refractivity contribution in [1.29, 1.82) is 5.26 Å². The van der Waals surface area contributed by atoms with Crippen molar-refractivity contribution in [3.05, 3.63) is 0 Å². The van der Waals surface area contributed by atoms with E-state index in [1.54, 1.807) is 0 Å².